The van der Waals surface area contributed by atoms with Crippen LogP contribution in [0.1, 0.15) is 37.3 Å². The number of fused-ring (bicyclic) bond motifs is 1. The minimum Gasteiger partial charge on any atom is -0.508 e. The maximum absolute atomic E-state index is 9.71. The molecular formula is C14H18O2. The van der Waals surface area contributed by atoms with E-state index in [1.807, 2.05) is 19.1 Å². The molecule has 1 heterocycles. The molecule has 2 nitrogen and oxygen atoms in total. The molecule has 0 amide bonds. The first-order valence-electron chi connectivity index (χ1n) is 6.12. The molecular weight excluding hydrogens is 200 g/mol. The fourth-order valence-corrected chi connectivity index (χ4v) is 2.92. The van der Waals surface area contributed by atoms with Gasteiger partial charge in [0.05, 0.1) is 0 Å². The number of hydrogen-bond donors (Lipinski definition) is 1. The van der Waals surface area contributed by atoms with Crippen LogP contribution in [0.15, 0.2) is 12.1 Å². The molecule has 16 heavy (non-hydrogen) atoms. The van der Waals surface area contributed by atoms with E-state index in [-0.39, 0.29) is 5.60 Å². The zero-order valence-electron chi connectivity index (χ0n) is 9.92. The van der Waals surface area contributed by atoms with Crippen LogP contribution in [0.2, 0.25) is 0 Å². The van der Waals surface area contributed by atoms with Gasteiger partial charge < -0.3 is 9.84 Å². The van der Waals surface area contributed by atoms with Gasteiger partial charge in [0.1, 0.15) is 17.1 Å². The Bertz CT molecular complexity index is 433. The van der Waals surface area contributed by atoms with Gasteiger partial charge in [-0.05, 0) is 55.9 Å². The molecule has 1 aromatic rings. The van der Waals surface area contributed by atoms with Gasteiger partial charge in [-0.1, -0.05) is 6.92 Å². The molecule has 86 valence electrons. The van der Waals surface area contributed by atoms with E-state index in [1.165, 1.54) is 19.3 Å². The van der Waals surface area contributed by atoms with Gasteiger partial charge in [0.15, 0.2) is 0 Å². The van der Waals surface area contributed by atoms with Crippen LogP contribution in [0, 0.1) is 12.8 Å². The molecule has 0 aromatic heterocycles. The Balaban J connectivity index is 2.02. The fraction of sp³-hybridized carbons (Fsp3) is 0.571. The van der Waals surface area contributed by atoms with E-state index in [0.29, 0.717) is 11.7 Å². The molecule has 0 radical (unpaired) electrons. The van der Waals surface area contributed by atoms with Gasteiger partial charge in [0.2, 0.25) is 0 Å². The molecule has 1 fully saturated rings. The van der Waals surface area contributed by atoms with Crippen LogP contribution >= 0.6 is 0 Å². The van der Waals surface area contributed by atoms with E-state index in [1.54, 1.807) is 0 Å². The van der Waals surface area contributed by atoms with E-state index in [2.05, 4.69) is 6.92 Å². The number of phenolic OH excluding ortho intramolecular Hbond substituents is 1. The van der Waals surface area contributed by atoms with Crippen LogP contribution < -0.4 is 4.74 Å². The molecule has 1 aromatic carbocycles. The monoisotopic (exact) mass is 218 g/mol. The first kappa shape index (κ1) is 10.0. The first-order chi connectivity index (χ1) is 7.61. The predicted octanol–water partition coefficient (Wildman–Crippen LogP) is 3.19. The molecule has 1 N–H and O–H groups in total. The van der Waals surface area contributed by atoms with Crippen LogP contribution in [-0.2, 0) is 6.42 Å². The number of ether oxygens (including phenoxy) is 1. The molecule has 1 spiro atoms. The second-order valence-corrected chi connectivity index (χ2v) is 5.37. The van der Waals surface area contributed by atoms with Crippen molar-refractivity contribution in [1.29, 1.82) is 0 Å². The lowest BCUT2D eigenvalue weighted by molar-refractivity contribution is -0.0651. The number of hydrogen-bond acceptors (Lipinski definition) is 2. The zero-order valence-corrected chi connectivity index (χ0v) is 9.92. The number of rotatable bonds is 0. The molecule has 0 bridgehead atoms. The van der Waals surface area contributed by atoms with Crippen LogP contribution in [0.3, 0.4) is 0 Å². The molecule has 3 rings (SSSR count). The Hall–Kier alpha value is -1.18. The maximum atomic E-state index is 9.71. The molecule has 0 saturated heterocycles. The van der Waals surface area contributed by atoms with Crippen LogP contribution in [-0.4, -0.2) is 10.7 Å². The number of phenols is 1. The lowest BCUT2D eigenvalue weighted by atomic mass is 9.68. The lowest BCUT2D eigenvalue weighted by Gasteiger charge is -2.49. The molecule has 1 atom stereocenters. The van der Waals surface area contributed by atoms with Crippen molar-refractivity contribution in [2.24, 2.45) is 5.92 Å². The SMILES string of the molecule is Cc1cc2c(cc1O)CC(C)C1(CCC1)O2. The van der Waals surface area contributed by atoms with Crippen LogP contribution in [0.4, 0.5) is 0 Å². The standard InChI is InChI=1S/C14H18O2/c1-9-6-13-11(8-12(9)15)7-10(2)14(16-13)4-3-5-14/h6,8,10,15H,3-5,7H2,1-2H3. The highest BCUT2D eigenvalue weighted by Crippen LogP contribution is 2.48. The summed E-state index contributed by atoms with van der Waals surface area (Å²) in [5, 5.41) is 9.71. The van der Waals surface area contributed by atoms with Crippen molar-refractivity contribution in [3.8, 4) is 11.5 Å². The number of benzene rings is 1. The molecule has 2 aliphatic rings. The average Bonchev–Trinajstić information content (AvgIpc) is 2.17. The molecule has 1 aliphatic heterocycles. The van der Waals surface area contributed by atoms with E-state index >= 15 is 0 Å². The summed E-state index contributed by atoms with van der Waals surface area (Å²) >= 11 is 0. The summed E-state index contributed by atoms with van der Waals surface area (Å²) in [6.45, 7) is 4.18. The highest BCUT2D eigenvalue weighted by atomic mass is 16.5. The van der Waals surface area contributed by atoms with Gasteiger partial charge >= 0.3 is 0 Å². The fourth-order valence-electron chi connectivity index (χ4n) is 2.92. The minimum atomic E-state index is 0.108. The van der Waals surface area contributed by atoms with Gasteiger partial charge in [-0.3, -0.25) is 0 Å². The molecule has 1 saturated carbocycles. The van der Waals surface area contributed by atoms with E-state index in [0.717, 1.165) is 23.3 Å². The lowest BCUT2D eigenvalue weighted by Crippen LogP contribution is -2.51. The van der Waals surface area contributed by atoms with Gasteiger partial charge in [0, 0.05) is 5.92 Å². The second kappa shape index (κ2) is 3.16. The Labute approximate surface area is 96.2 Å². The predicted molar refractivity (Wildman–Crippen MR) is 62.9 cm³/mol. The number of aryl methyl sites for hydroxylation is 1. The third kappa shape index (κ3) is 1.25. The topological polar surface area (TPSA) is 29.5 Å². The molecule has 1 aliphatic carbocycles. The summed E-state index contributed by atoms with van der Waals surface area (Å²) in [6, 6.07) is 3.85. The highest BCUT2D eigenvalue weighted by Gasteiger charge is 2.47. The van der Waals surface area contributed by atoms with Gasteiger partial charge in [-0.2, -0.15) is 0 Å². The van der Waals surface area contributed by atoms with Crippen molar-refractivity contribution in [3.05, 3.63) is 23.3 Å². The van der Waals surface area contributed by atoms with Crippen LogP contribution in [0.25, 0.3) is 0 Å². The Morgan fingerprint density at radius 1 is 1.38 bits per heavy atom. The third-order valence-electron chi connectivity index (χ3n) is 4.32. The smallest absolute Gasteiger partial charge is 0.123 e. The largest absolute Gasteiger partial charge is 0.508 e. The van der Waals surface area contributed by atoms with Crippen molar-refractivity contribution in [2.75, 3.05) is 0 Å². The maximum Gasteiger partial charge on any atom is 0.123 e. The highest BCUT2D eigenvalue weighted by molar-refractivity contribution is 5.47. The van der Waals surface area contributed by atoms with Crippen molar-refractivity contribution in [3.63, 3.8) is 0 Å². The summed E-state index contributed by atoms with van der Waals surface area (Å²) in [4.78, 5) is 0. The Morgan fingerprint density at radius 3 is 2.75 bits per heavy atom. The summed E-state index contributed by atoms with van der Waals surface area (Å²) in [7, 11) is 0. The molecule has 1 unspecified atom stereocenters. The normalized spacial score (nSPS) is 25.8. The van der Waals surface area contributed by atoms with Crippen molar-refractivity contribution in [2.45, 2.75) is 45.1 Å². The Morgan fingerprint density at radius 2 is 2.12 bits per heavy atom. The van der Waals surface area contributed by atoms with Gasteiger partial charge in [0.25, 0.3) is 0 Å². The summed E-state index contributed by atoms with van der Waals surface area (Å²) < 4.78 is 6.19. The number of aromatic hydroxyl groups is 1. The van der Waals surface area contributed by atoms with Gasteiger partial charge in [-0.15, -0.1) is 0 Å². The van der Waals surface area contributed by atoms with Gasteiger partial charge in [-0.25, -0.2) is 0 Å². The van der Waals surface area contributed by atoms with E-state index in [9.17, 15) is 5.11 Å². The van der Waals surface area contributed by atoms with Crippen molar-refractivity contribution < 1.29 is 9.84 Å². The average molecular weight is 218 g/mol. The zero-order chi connectivity index (χ0) is 11.3. The van der Waals surface area contributed by atoms with E-state index < -0.39 is 0 Å². The quantitative estimate of drug-likeness (QED) is 0.724. The van der Waals surface area contributed by atoms with Crippen LogP contribution in [0.5, 0.6) is 11.5 Å². The summed E-state index contributed by atoms with van der Waals surface area (Å²) in [6.07, 6.45) is 4.70. The second-order valence-electron chi connectivity index (χ2n) is 5.37. The minimum absolute atomic E-state index is 0.108. The summed E-state index contributed by atoms with van der Waals surface area (Å²) in [5.74, 6) is 1.95. The Kier molecular flexibility index (Phi) is 1.97. The first-order valence-corrected chi connectivity index (χ1v) is 6.12. The third-order valence-corrected chi connectivity index (χ3v) is 4.32. The van der Waals surface area contributed by atoms with E-state index in [4.69, 9.17) is 4.74 Å². The van der Waals surface area contributed by atoms with Crippen molar-refractivity contribution in [1.82, 2.24) is 0 Å². The van der Waals surface area contributed by atoms with Crippen molar-refractivity contribution >= 4 is 0 Å². The molecule has 2 heteroatoms. The summed E-state index contributed by atoms with van der Waals surface area (Å²) in [5.41, 5.74) is 2.17.